The van der Waals surface area contributed by atoms with Crippen LogP contribution in [0.15, 0.2) is 67.0 Å². The van der Waals surface area contributed by atoms with Crippen LogP contribution in [0.25, 0.3) is 5.69 Å². The molecule has 3 aromatic rings. The van der Waals surface area contributed by atoms with Gasteiger partial charge in [-0.3, -0.25) is 4.79 Å². The van der Waals surface area contributed by atoms with Crippen LogP contribution in [0, 0.1) is 0 Å². The second kappa shape index (κ2) is 6.20. The van der Waals surface area contributed by atoms with Crippen molar-refractivity contribution in [3.05, 3.63) is 78.1 Å². The molecule has 1 amide bonds. The van der Waals surface area contributed by atoms with Crippen molar-refractivity contribution in [2.24, 2.45) is 0 Å². The lowest BCUT2D eigenvalue weighted by atomic mass is 10.0. The van der Waals surface area contributed by atoms with Gasteiger partial charge in [-0.2, -0.15) is 5.10 Å². The molecule has 5 heteroatoms. The van der Waals surface area contributed by atoms with Crippen molar-refractivity contribution in [2.75, 3.05) is 13.2 Å². The molecule has 0 radical (unpaired) electrons. The van der Waals surface area contributed by atoms with Gasteiger partial charge in [-0.25, -0.2) is 4.68 Å². The van der Waals surface area contributed by atoms with E-state index in [-0.39, 0.29) is 11.8 Å². The number of fused-ring (bicyclic) bond motifs is 1. The maximum absolute atomic E-state index is 12.5. The monoisotopic (exact) mass is 319 g/mol. The molecule has 0 unspecified atom stereocenters. The number of benzene rings is 2. The molecule has 1 N–H and O–H groups in total. The molecule has 5 nitrogen and oxygen atoms in total. The van der Waals surface area contributed by atoms with E-state index in [1.807, 2.05) is 48.7 Å². The number of amides is 1. The van der Waals surface area contributed by atoms with Crippen molar-refractivity contribution < 1.29 is 9.53 Å². The van der Waals surface area contributed by atoms with Crippen LogP contribution in [0.4, 0.5) is 0 Å². The van der Waals surface area contributed by atoms with Gasteiger partial charge in [0.2, 0.25) is 0 Å². The number of carbonyl (C=O) groups excluding carboxylic acids is 1. The Morgan fingerprint density at radius 3 is 3.00 bits per heavy atom. The van der Waals surface area contributed by atoms with Crippen LogP contribution in [0.1, 0.15) is 21.8 Å². The molecule has 2 aromatic carbocycles. The van der Waals surface area contributed by atoms with Crippen LogP contribution in [-0.2, 0) is 0 Å². The van der Waals surface area contributed by atoms with Gasteiger partial charge in [0.15, 0.2) is 0 Å². The first-order valence-corrected chi connectivity index (χ1v) is 7.91. The number of para-hydroxylation sites is 1. The lowest BCUT2D eigenvalue weighted by Crippen LogP contribution is -2.29. The predicted octanol–water partition coefficient (Wildman–Crippen LogP) is 2.78. The van der Waals surface area contributed by atoms with Gasteiger partial charge < -0.3 is 10.1 Å². The van der Waals surface area contributed by atoms with Gasteiger partial charge in [-0.15, -0.1) is 0 Å². The Morgan fingerprint density at radius 2 is 2.12 bits per heavy atom. The van der Waals surface area contributed by atoms with E-state index >= 15 is 0 Å². The molecule has 1 aromatic heterocycles. The summed E-state index contributed by atoms with van der Waals surface area (Å²) in [6, 6.07) is 17.2. The van der Waals surface area contributed by atoms with Crippen LogP contribution in [0.2, 0.25) is 0 Å². The molecule has 1 aliphatic rings. The second-order valence-electron chi connectivity index (χ2n) is 5.76. The molecule has 0 aliphatic carbocycles. The lowest BCUT2D eigenvalue weighted by molar-refractivity contribution is 0.0950. The molecular formula is C19H17N3O2. The molecule has 1 atom stereocenters. The molecule has 0 bridgehead atoms. The normalized spacial score (nSPS) is 15.6. The molecule has 120 valence electrons. The van der Waals surface area contributed by atoms with Gasteiger partial charge in [0, 0.05) is 36.0 Å². The van der Waals surface area contributed by atoms with E-state index in [0.29, 0.717) is 18.7 Å². The van der Waals surface area contributed by atoms with Crippen LogP contribution in [-0.4, -0.2) is 28.8 Å². The Hall–Kier alpha value is -3.08. The maximum atomic E-state index is 12.5. The van der Waals surface area contributed by atoms with Crippen molar-refractivity contribution in [3.63, 3.8) is 0 Å². The van der Waals surface area contributed by atoms with Crippen molar-refractivity contribution in [2.45, 2.75) is 5.92 Å². The summed E-state index contributed by atoms with van der Waals surface area (Å²) in [5.74, 6) is 1.02. The van der Waals surface area contributed by atoms with E-state index < -0.39 is 0 Å². The predicted molar refractivity (Wildman–Crippen MR) is 90.6 cm³/mol. The van der Waals surface area contributed by atoms with Crippen LogP contribution < -0.4 is 10.1 Å². The molecule has 4 rings (SSSR count). The van der Waals surface area contributed by atoms with Crippen molar-refractivity contribution in [1.82, 2.24) is 15.1 Å². The zero-order valence-electron chi connectivity index (χ0n) is 13.1. The maximum Gasteiger partial charge on any atom is 0.251 e. The Labute approximate surface area is 139 Å². The first-order chi connectivity index (χ1) is 11.8. The number of carbonyl (C=O) groups is 1. The molecular weight excluding hydrogens is 302 g/mol. The fourth-order valence-corrected chi connectivity index (χ4v) is 2.93. The summed E-state index contributed by atoms with van der Waals surface area (Å²) in [6.07, 6.45) is 3.56. The van der Waals surface area contributed by atoms with Crippen molar-refractivity contribution >= 4 is 5.91 Å². The van der Waals surface area contributed by atoms with Gasteiger partial charge in [0.1, 0.15) is 5.75 Å². The first-order valence-electron chi connectivity index (χ1n) is 7.91. The molecule has 24 heavy (non-hydrogen) atoms. The summed E-state index contributed by atoms with van der Waals surface area (Å²) in [5, 5.41) is 7.20. The number of nitrogens with zero attached hydrogens (tertiary/aromatic N) is 2. The molecule has 0 spiro atoms. The van der Waals surface area contributed by atoms with Gasteiger partial charge in [0.05, 0.1) is 12.3 Å². The third-order valence-corrected chi connectivity index (χ3v) is 4.19. The number of aromatic nitrogens is 2. The van der Waals surface area contributed by atoms with Gasteiger partial charge >= 0.3 is 0 Å². The summed E-state index contributed by atoms with van der Waals surface area (Å²) < 4.78 is 7.39. The fourth-order valence-electron chi connectivity index (χ4n) is 2.93. The summed E-state index contributed by atoms with van der Waals surface area (Å²) >= 11 is 0. The largest absolute Gasteiger partial charge is 0.493 e. The summed E-state index contributed by atoms with van der Waals surface area (Å²) in [5.41, 5.74) is 2.64. The van der Waals surface area contributed by atoms with Crippen LogP contribution >= 0.6 is 0 Å². The van der Waals surface area contributed by atoms with Gasteiger partial charge in [-0.05, 0) is 30.3 Å². The highest BCUT2D eigenvalue weighted by Gasteiger charge is 2.24. The van der Waals surface area contributed by atoms with E-state index in [2.05, 4.69) is 16.5 Å². The average molecular weight is 319 g/mol. The highest BCUT2D eigenvalue weighted by Crippen LogP contribution is 2.32. The third-order valence-electron chi connectivity index (χ3n) is 4.19. The smallest absolute Gasteiger partial charge is 0.251 e. The molecule has 0 saturated carbocycles. The molecule has 1 aliphatic heterocycles. The van der Waals surface area contributed by atoms with Gasteiger partial charge in [0.25, 0.3) is 5.91 Å². The Kier molecular flexibility index (Phi) is 3.75. The zero-order valence-corrected chi connectivity index (χ0v) is 13.1. The van der Waals surface area contributed by atoms with E-state index in [9.17, 15) is 4.79 Å². The Morgan fingerprint density at radius 1 is 1.21 bits per heavy atom. The van der Waals surface area contributed by atoms with E-state index in [1.165, 1.54) is 0 Å². The standard InChI is InChI=1S/C19H17N3O2/c23-19(14-5-3-6-16(11-14)22-10-4-9-21-22)20-12-15-13-24-18-8-2-1-7-17(15)18/h1-11,15H,12-13H2,(H,20,23)/t15-/m0/s1. The minimum Gasteiger partial charge on any atom is -0.493 e. The third kappa shape index (κ3) is 2.76. The Balaban J connectivity index is 1.45. The SMILES string of the molecule is O=C(NC[C@H]1COc2ccccc21)c1cccc(-n2cccn2)c1. The second-order valence-corrected chi connectivity index (χ2v) is 5.76. The number of hydrogen-bond acceptors (Lipinski definition) is 3. The van der Waals surface area contributed by atoms with Gasteiger partial charge in [-0.1, -0.05) is 24.3 Å². The average Bonchev–Trinajstić information content (AvgIpc) is 3.30. The number of rotatable bonds is 4. The zero-order chi connectivity index (χ0) is 16.4. The highest BCUT2D eigenvalue weighted by atomic mass is 16.5. The first kappa shape index (κ1) is 14.5. The fraction of sp³-hybridized carbons (Fsp3) is 0.158. The quantitative estimate of drug-likeness (QED) is 0.804. The van der Waals surface area contributed by atoms with Crippen molar-refractivity contribution in [1.29, 1.82) is 0 Å². The highest BCUT2D eigenvalue weighted by molar-refractivity contribution is 5.94. The van der Waals surface area contributed by atoms with E-state index in [1.54, 1.807) is 16.9 Å². The number of hydrogen-bond donors (Lipinski definition) is 1. The molecule has 0 saturated heterocycles. The van der Waals surface area contributed by atoms with E-state index in [0.717, 1.165) is 17.0 Å². The summed E-state index contributed by atoms with van der Waals surface area (Å²) in [6.45, 7) is 1.16. The van der Waals surface area contributed by atoms with Crippen LogP contribution in [0.5, 0.6) is 5.75 Å². The van der Waals surface area contributed by atoms with Crippen LogP contribution in [0.3, 0.4) is 0 Å². The summed E-state index contributed by atoms with van der Waals surface area (Å²) in [4.78, 5) is 12.5. The van der Waals surface area contributed by atoms with Crippen molar-refractivity contribution in [3.8, 4) is 11.4 Å². The molecule has 2 heterocycles. The minimum atomic E-state index is -0.0895. The minimum absolute atomic E-state index is 0.0895. The number of nitrogens with one attached hydrogen (secondary N) is 1. The molecule has 0 fully saturated rings. The Bertz CT molecular complexity index is 859. The topological polar surface area (TPSA) is 56.1 Å². The lowest BCUT2D eigenvalue weighted by Gasteiger charge is -2.11. The summed E-state index contributed by atoms with van der Waals surface area (Å²) in [7, 11) is 0. The van der Waals surface area contributed by atoms with E-state index in [4.69, 9.17) is 4.74 Å². The number of ether oxygens (including phenoxy) is 1.